The van der Waals surface area contributed by atoms with Gasteiger partial charge in [-0.1, -0.05) is 51.3 Å². The lowest BCUT2D eigenvalue weighted by Crippen LogP contribution is -2.06. The Morgan fingerprint density at radius 1 is 1.15 bits per heavy atom. The molecule has 2 rings (SSSR count). The van der Waals surface area contributed by atoms with E-state index >= 15 is 0 Å². The highest BCUT2D eigenvalue weighted by Gasteiger charge is 2.10. The summed E-state index contributed by atoms with van der Waals surface area (Å²) in [6, 6.07) is 11.5. The molecular weight excluding hydrogens is 361 g/mol. The van der Waals surface area contributed by atoms with Gasteiger partial charge >= 0.3 is 0 Å². The van der Waals surface area contributed by atoms with Crippen LogP contribution in [0.1, 0.15) is 11.1 Å². The third-order valence-corrected chi connectivity index (χ3v) is 3.76. The SMILES string of the molecule is NCCc1cc(Cl)cc(Cl)c1OCc1cccc(Br)c1. The summed E-state index contributed by atoms with van der Waals surface area (Å²) in [5.74, 6) is 0.654. The molecule has 0 aliphatic heterocycles. The molecule has 0 fully saturated rings. The van der Waals surface area contributed by atoms with Gasteiger partial charge in [0.15, 0.2) is 0 Å². The summed E-state index contributed by atoms with van der Waals surface area (Å²) in [7, 11) is 0. The fourth-order valence-electron chi connectivity index (χ4n) is 1.90. The smallest absolute Gasteiger partial charge is 0.141 e. The highest BCUT2D eigenvalue weighted by Crippen LogP contribution is 2.33. The molecule has 106 valence electrons. The number of nitrogens with two attached hydrogens (primary N) is 1. The predicted octanol–water partition coefficient (Wildman–Crippen LogP) is 4.84. The molecule has 2 nitrogen and oxygen atoms in total. The maximum Gasteiger partial charge on any atom is 0.141 e. The van der Waals surface area contributed by atoms with Crippen molar-refractivity contribution in [3.8, 4) is 5.75 Å². The van der Waals surface area contributed by atoms with Gasteiger partial charge in [-0.2, -0.15) is 0 Å². The van der Waals surface area contributed by atoms with E-state index in [1.165, 1.54) is 0 Å². The topological polar surface area (TPSA) is 35.2 Å². The number of hydrogen-bond donors (Lipinski definition) is 1. The van der Waals surface area contributed by atoms with E-state index in [0.717, 1.165) is 15.6 Å². The summed E-state index contributed by atoms with van der Waals surface area (Å²) in [6.45, 7) is 0.961. The van der Waals surface area contributed by atoms with E-state index in [1.807, 2.05) is 30.3 Å². The normalized spacial score (nSPS) is 10.6. The standard InChI is InChI=1S/C15H14BrCl2NO/c16-12-3-1-2-10(6-12)9-20-15-11(4-5-19)7-13(17)8-14(15)18/h1-3,6-8H,4-5,9,19H2. The van der Waals surface area contributed by atoms with Gasteiger partial charge in [0.1, 0.15) is 12.4 Å². The van der Waals surface area contributed by atoms with Crippen molar-refractivity contribution in [1.29, 1.82) is 0 Å². The number of hydrogen-bond acceptors (Lipinski definition) is 2. The molecule has 2 N–H and O–H groups in total. The zero-order valence-corrected chi connectivity index (χ0v) is 13.8. The van der Waals surface area contributed by atoms with Crippen LogP contribution in [0.15, 0.2) is 40.9 Å². The van der Waals surface area contributed by atoms with Crippen LogP contribution in [0.4, 0.5) is 0 Å². The van der Waals surface area contributed by atoms with Crippen molar-refractivity contribution < 1.29 is 4.74 Å². The first kappa shape index (κ1) is 15.6. The van der Waals surface area contributed by atoms with Crippen LogP contribution in [0.25, 0.3) is 0 Å². The average Bonchev–Trinajstić information content (AvgIpc) is 2.38. The van der Waals surface area contributed by atoms with Crippen molar-refractivity contribution in [3.63, 3.8) is 0 Å². The molecule has 2 aromatic carbocycles. The third-order valence-electron chi connectivity index (χ3n) is 2.77. The molecule has 0 amide bonds. The maximum absolute atomic E-state index is 6.21. The minimum atomic E-state index is 0.443. The average molecular weight is 375 g/mol. The Morgan fingerprint density at radius 3 is 2.65 bits per heavy atom. The fraction of sp³-hybridized carbons (Fsp3) is 0.200. The van der Waals surface area contributed by atoms with Crippen LogP contribution in [0.5, 0.6) is 5.75 Å². The molecule has 0 unspecified atom stereocenters. The molecule has 2 aromatic rings. The van der Waals surface area contributed by atoms with E-state index in [2.05, 4.69) is 15.9 Å². The second-order valence-electron chi connectivity index (χ2n) is 4.33. The largest absolute Gasteiger partial charge is 0.487 e. The van der Waals surface area contributed by atoms with Crippen molar-refractivity contribution >= 4 is 39.1 Å². The number of rotatable bonds is 5. The Morgan fingerprint density at radius 2 is 1.95 bits per heavy atom. The predicted molar refractivity (Wildman–Crippen MR) is 87.7 cm³/mol. The van der Waals surface area contributed by atoms with Gasteiger partial charge in [0.2, 0.25) is 0 Å². The monoisotopic (exact) mass is 373 g/mol. The van der Waals surface area contributed by atoms with Crippen molar-refractivity contribution in [2.45, 2.75) is 13.0 Å². The highest BCUT2D eigenvalue weighted by atomic mass is 79.9. The van der Waals surface area contributed by atoms with E-state index in [-0.39, 0.29) is 0 Å². The Kier molecular flexibility index (Phi) is 5.73. The van der Waals surface area contributed by atoms with Crippen molar-refractivity contribution in [3.05, 3.63) is 62.0 Å². The number of benzene rings is 2. The van der Waals surface area contributed by atoms with Crippen LogP contribution < -0.4 is 10.5 Å². The summed E-state index contributed by atoms with van der Waals surface area (Å²) in [6.07, 6.45) is 0.675. The van der Waals surface area contributed by atoms with Crippen LogP contribution in [0.3, 0.4) is 0 Å². The summed E-state index contributed by atoms with van der Waals surface area (Å²) < 4.78 is 6.87. The maximum atomic E-state index is 6.21. The van der Waals surface area contributed by atoms with Crippen molar-refractivity contribution in [2.24, 2.45) is 5.73 Å². The molecule has 0 aromatic heterocycles. The molecule has 20 heavy (non-hydrogen) atoms. The summed E-state index contributed by atoms with van der Waals surface area (Å²) in [4.78, 5) is 0. The van der Waals surface area contributed by atoms with Crippen LogP contribution in [-0.4, -0.2) is 6.54 Å². The minimum Gasteiger partial charge on any atom is -0.487 e. The quantitative estimate of drug-likeness (QED) is 0.812. The Balaban J connectivity index is 2.20. The second-order valence-corrected chi connectivity index (χ2v) is 6.09. The first-order chi connectivity index (χ1) is 9.60. The first-order valence-electron chi connectivity index (χ1n) is 6.15. The fourth-order valence-corrected chi connectivity index (χ4v) is 2.94. The Hall–Kier alpha value is -0.740. The highest BCUT2D eigenvalue weighted by molar-refractivity contribution is 9.10. The van der Waals surface area contributed by atoms with Crippen LogP contribution in [0.2, 0.25) is 10.0 Å². The number of halogens is 3. The molecule has 0 radical (unpaired) electrons. The Labute approximate surface area is 137 Å². The molecule has 0 heterocycles. The summed E-state index contributed by atoms with van der Waals surface area (Å²) in [5.41, 5.74) is 7.60. The molecule has 0 aliphatic rings. The molecule has 0 aliphatic carbocycles. The molecular formula is C15H14BrCl2NO. The van der Waals surface area contributed by atoms with Gasteiger partial charge in [0, 0.05) is 9.50 Å². The van der Waals surface area contributed by atoms with Crippen molar-refractivity contribution in [1.82, 2.24) is 0 Å². The van der Waals surface area contributed by atoms with Gasteiger partial charge in [0.25, 0.3) is 0 Å². The van der Waals surface area contributed by atoms with E-state index in [9.17, 15) is 0 Å². The summed E-state index contributed by atoms with van der Waals surface area (Å²) in [5, 5.41) is 1.10. The Bertz CT molecular complexity index is 604. The van der Waals surface area contributed by atoms with E-state index in [1.54, 1.807) is 6.07 Å². The van der Waals surface area contributed by atoms with Crippen LogP contribution in [-0.2, 0) is 13.0 Å². The van der Waals surface area contributed by atoms with E-state index < -0.39 is 0 Å². The molecule has 0 saturated carbocycles. The first-order valence-corrected chi connectivity index (χ1v) is 7.70. The van der Waals surface area contributed by atoms with Gasteiger partial charge < -0.3 is 10.5 Å². The van der Waals surface area contributed by atoms with Gasteiger partial charge in [-0.3, -0.25) is 0 Å². The van der Waals surface area contributed by atoms with Gasteiger partial charge in [-0.15, -0.1) is 0 Å². The van der Waals surface area contributed by atoms with E-state index in [4.69, 9.17) is 33.7 Å². The molecule has 0 bridgehead atoms. The number of ether oxygens (including phenoxy) is 1. The van der Waals surface area contributed by atoms with E-state index in [0.29, 0.717) is 35.4 Å². The lowest BCUT2D eigenvalue weighted by molar-refractivity contribution is 0.303. The van der Waals surface area contributed by atoms with Crippen molar-refractivity contribution in [2.75, 3.05) is 6.54 Å². The molecule has 0 spiro atoms. The zero-order valence-electron chi connectivity index (χ0n) is 10.7. The molecule has 0 atom stereocenters. The third kappa shape index (κ3) is 4.13. The lowest BCUT2D eigenvalue weighted by atomic mass is 10.1. The van der Waals surface area contributed by atoms with Gasteiger partial charge in [0.05, 0.1) is 5.02 Å². The summed E-state index contributed by atoms with van der Waals surface area (Å²) >= 11 is 15.7. The van der Waals surface area contributed by atoms with Gasteiger partial charge in [-0.25, -0.2) is 0 Å². The van der Waals surface area contributed by atoms with Crippen LogP contribution in [0, 0.1) is 0 Å². The zero-order chi connectivity index (χ0) is 14.5. The lowest BCUT2D eigenvalue weighted by Gasteiger charge is -2.13. The molecule has 5 heteroatoms. The van der Waals surface area contributed by atoms with Gasteiger partial charge in [-0.05, 0) is 48.4 Å². The second kappa shape index (κ2) is 7.32. The van der Waals surface area contributed by atoms with Crippen LogP contribution >= 0.6 is 39.1 Å². The minimum absolute atomic E-state index is 0.443. The molecule has 0 saturated heterocycles.